The maximum atomic E-state index is 11.9. The third-order valence-corrected chi connectivity index (χ3v) is 3.88. The number of anilines is 1. The molecule has 0 aromatic heterocycles. The van der Waals surface area contributed by atoms with Gasteiger partial charge in [0, 0.05) is 11.7 Å². The van der Waals surface area contributed by atoms with Crippen LogP contribution in [0.2, 0.25) is 0 Å². The maximum absolute atomic E-state index is 11.9. The third-order valence-electron chi connectivity index (χ3n) is 3.88. The summed E-state index contributed by atoms with van der Waals surface area (Å²) in [4.78, 5) is 11.9. The Labute approximate surface area is 126 Å². The quantitative estimate of drug-likeness (QED) is 0.844. The van der Waals surface area contributed by atoms with Gasteiger partial charge in [0.1, 0.15) is 12.4 Å². The van der Waals surface area contributed by atoms with Crippen molar-refractivity contribution in [2.24, 2.45) is 0 Å². The second-order valence-corrected chi connectivity index (χ2v) is 5.31. The van der Waals surface area contributed by atoms with E-state index >= 15 is 0 Å². The van der Waals surface area contributed by atoms with Crippen molar-refractivity contribution in [3.05, 3.63) is 24.3 Å². The highest BCUT2D eigenvalue weighted by molar-refractivity contribution is 5.91. The van der Waals surface area contributed by atoms with Crippen molar-refractivity contribution in [3.63, 3.8) is 0 Å². The van der Waals surface area contributed by atoms with Crippen molar-refractivity contribution in [3.8, 4) is 5.75 Å². The molecule has 0 aliphatic heterocycles. The van der Waals surface area contributed by atoms with Crippen LogP contribution >= 0.6 is 0 Å². The van der Waals surface area contributed by atoms with Gasteiger partial charge >= 0.3 is 0 Å². The van der Waals surface area contributed by atoms with Crippen LogP contribution in [-0.4, -0.2) is 38.8 Å². The van der Waals surface area contributed by atoms with Gasteiger partial charge in [0.15, 0.2) is 0 Å². The van der Waals surface area contributed by atoms with Gasteiger partial charge in [0.2, 0.25) is 5.91 Å². The monoisotopic (exact) mass is 292 g/mol. The number of methoxy groups -OCH3 is 1. The molecular weight excluding hydrogens is 268 g/mol. The molecular formula is C16H24N2O3. The summed E-state index contributed by atoms with van der Waals surface area (Å²) < 4.78 is 10.8. The molecule has 0 saturated heterocycles. The normalized spacial score (nSPS) is 21.8. The van der Waals surface area contributed by atoms with Gasteiger partial charge in [0.25, 0.3) is 0 Å². The zero-order valence-electron chi connectivity index (χ0n) is 12.7. The second-order valence-electron chi connectivity index (χ2n) is 5.31. The van der Waals surface area contributed by atoms with E-state index in [4.69, 9.17) is 9.47 Å². The number of ether oxygens (including phenoxy) is 2. The van der Waals surface area contributed by atoms with E-state index in [0.717, 1.165) is 24.3 Å². The lowest BCUT2D eigenvalue weighted by molar-refractivity contribution is -0.123. The Morgan fingerprint density at radius 2 is 1.95 bits per heavy atom. The molecule has 5 heteroatoms. The van der Waals surface area contributed by atoms with Crippen molar-refractivity contribution >= 4 is 11.6 Å². The Morgan fingerprint density at radius 1 is 1.24 bits per heavy atom. The number of likely N-dealkylation sites (N-methyl/N-ethyl adjacent to an activating group) is 1. The standard InChI is InChI=1S/C16H24N2O3/c1-17-14-5-3-4-6-15(14)21-11-16(19)18-12-7-9-13(20-2)10-8-12/h7-10,14-15,17H,3-6,11H2,1-2H3,(H,18,19). The molecule has 2 atom stereocenters. The molecule has 1 aromatic carbocycles. The number of rotatable bonds is 6. The van der Waals surface area contributed by atoms with Crippen molar-refractivity contribution in [1.82, 2.24) is 5.32 Å². The maximum Gasteiger partial charge on any atom is 0.250 e. The molecule has 2 rings (SSSR count). The van der Waals surface area contributed by atoms with E-state index in [0.29, 0.717) is 6.04 Å². The molecule has 2 unspecified atom stereocenters. The predicted octanol–water partition coefficient (Wildman–Crippen LogP) is 2.18. The zero-order chi connectivity index (χ0) is 15.1. The first kappa shape index (κ1) is 15.8. The van der Waals surface area contributed by atoms with Crippen molar-refractivity contribution < 1.29 is 14.3 Å². The fraction of sp³-hybridized carbons (Fsp3) is 0.562. The lowest BCUT2D eigenvalue weighted by atomic mass is 9.92. The number of carbonyl (C=O) groups is 1. The molecule has 0 radical (unpaired) electrons. The van der Waals surface area contributed by atoms with Crippen LogP contribution in [0.15, 0.2) is 24.3 Å². The highest BCUT2D eigenvalue weighted by atomic mass is 16.5. The Bertz CT molecular complexity index is 447. The third kappa shape index (κ3) is 4.72. The van der Waals surface area contributed by atoms with E-state index in [1.807, 2.05) is 31.3 Å². The molecule has 1 fully saturated rings. The average Bonchev–Trinajstić information content (AvgIpc) is 2.54. The molecule has 0 heterocycles. The van der Waals surface area contributed by atoms with Crippen LogP contribution in [0.25, 0.3) is 0 Å². The van der Waals surface area contributed by atoms with Crippen molar-refractivity contribution in [1.29, 1.82) is 0 Å². The van der Waals surface area contributed by atoms with Gasteiger partial charge in [-0.3, -0.25) is 4.79 Å². The number of benzene rings is 1. The Kier molecular flexibility index (Phi) is 6.02. The lowest BCUT2D eigenvalue weighted by Gasteiger charge is -2.30. The van der Waals surface area contributed by atoms with E-state index < -0.39 is 0 Å². The van der Waals surface area contributed by atoms with Gasteiger partial charge in [-0.1, -0.05) is 12.8 Å². The molecule has 5 nitrogen and oxygen atoms in total. The van der Waals surface area contributed by atoms with Crippen LogP contribution in [0.5, 0.6) is 5.75 Å². The largest absolute Gasteiger partial charge is 0.497 e. The number of carbonyl (C=O) groups excluding carboxylic acids is 1. The fourth-order valence-corrected chi connectivity index (χ4v) is 2.68. The first-order valence-corrected chi connectivity index (χ1v) is 7.45. The first-order chi connectivity index (χ1) is 10.2. The van der Waals surface area contributed by atoms with Gasteiger partial charge < -0.3 is 20.1 Å². The van der Waals surface area contributed by atoms with Crippen molar-refractivity contribution in [2.45, 2.75) is 37.8 Å². The van der Waals surface area contributed by atoms with E-state index in [2.05, 4.69) is 10.6 Å². The lowest BCUT2D eigenvalue weighted by Crippen LogP contribution is -2.42. The van der Waals surface area contributed by atoms with Gasteiger partial charge in [-0.05, 0) is 44.2 Å². The molecule has 1 aliphatic rings. The van der Waals surface area contributed by atoms with Crippen molar-refractivity contribution in [2.75, 3.05) is 26.1 Å². The molecule has 21 heavy (non-hydrogen) atoms. The number of amides is 1. The highest BCUT2D eigenvalue weighted by Crippen LogP contribution is 2.21. The van der Waals surface area contributed by atoms with Gasteiger partial charge in [0.05, 0.1) is 13.2 Å². The molecule has 2 N–H and O–H groups in total. The average molecular weight is 292 g/mol. The Balaban J connectivity index is 1.78. The number of nitrogens with one attached hydrogen (secondary N) is 2. The van der Waals surface area contributed by atoms with E-state index in [1.54, 1.807) is 7.11 Å². The topological polar surface area (TPSA) is 59.6 Å². The predicted molar refractivity (Wildman–Crippen MR) is 82.7 cm³/mol. The smallest absolute Gasteiger partial charge is 0.250 e. The Hall–Kier alpha value is -1.59. The highest BCUT2D eigenvalue weighted by Gasteiger charge is 2.24. The molecule has 0 bridgehead atoms. The summed E-state index contributed by atoms with van der Waals surface area (Å²) in [6.07, 6.45) is 4.65. The summed E-state index contributed by atoms with van der Waals surface area (Å²) in [6, 6.07) is 7.61. The van der Waals surface area contributed by atoms with Gasteiger partial charge in [-0.2, -0.15) is 0 Å². The minimum Gasteiger partial charge on any atom is -0.497 e. The molecule has 1 saturated carbocycles. The summed E-state index contributed by atoms with van der Waals surface area (Å²) in [6.45, 7) is 0.0921. The molecule has 1 aliphatic carbocycles. The molecule has 116 valence electrons. The van der Waals surface area contributed by atoms with Crippen LogP contribution in [-0.2, 0) is 9.53 Å². The number of hydrogen-bond acceptors (Lipinski definition) is 4. The zero-order valence-corrected chi connectivity index (χ0v) is 12.7. The van der Waals surface area contributed by atoms with Crippen LogP contribution in [0.3, 0.4) is 0 Å². The number of hydrogen-bond donors (Lipinski definition) is 2. The molecule has 1 aromatic rings. The summed E-state index contributed by atoms with van der Waals surface area (Å²) in [5, 5.41) is 6.10. The second kappa shape index (κ2) is 8.00. The molecule has 0 spiro atoms. The van der Waals surface area contributed by atoms with Crippen LogP contribution in [0, 0.1) is 0 Å². The summed E-state index contributed by atoms with van der Waals surface area (Å²) in [7, 11) is 3.56. The summed E-state index contributed by atoms with van der Waals surface area (Å²) >= 11 is 0. The minimum absolute atomic E-state index is 0.0921. The first-order valence-electron chi connectivity index (χ1n) is 7.45. The summed E-state index contributed by atoms with van der Waals surface area (Å²) in [5.41, 5.74) is 0.748. The van der Waals surface area contributed by atoms with Crippen LogP contribution in [0.1, 0.15) is 25.7 Å². The van der Waals surface area contributed by atoms with Gasteiger partial charge in [-0.25, -0.2) is 0 Å². The van der Waals surface area contributed by atoms with Gasteiger partial charge in [-0.15, -0.1) is 0 Å². The van der Waals surface area contributed by atoms with E-state index in [9.17, 15) is 4.79 Å². The SMILES string of the molecule is CNC1CCCCC1OCC(=O)Nc1ccc(OC)cc1. The summed E-state index contributed by atoms with van der Waals surface area (Å²) in [5.74, 6) is 0.643. The minimum atomic E-state index is -0.124. The van der Waals surface area contributed by atoms with E-state index in [-0.39, 0.29) is 18.6 Å². The Morgan fingerprint density at radius 3 is 2.62 bits per heavy atom. The fourth-order valence-electron chi connectivity index (χ4n) is 2.68. The molecule has 1 amide bonds. The van der Waals surface area contributed by atoms with Crippen LogP contribution in [0.4, 0.5) is 5.69 Å². The van der Waals surface area contributed by atoms with Crippen LogP contribution < -0.4 is 15.4 Å². The van der Waals surface area contributed by atoms with E-state index in [1.165, 1.54) is 12.8 Å².